The Hall–Kier alpha value is -2.13. The first-order valence-corrected chi connectivity index (χ1v) is 9.41. The van der Waals surface area contributed by atoms with Crippen molar-refractivity contribution in [2.75, 3.05) is 32.1 Å². The Morgan fingerprint density at radius 2 is 2.00 bits per heavy atom. The van der Waals surface area contributed by atoms with Gasteiger partial charge < -0.3 is 14.8 Å². The summed E-state index contributed by atoms with van der Waals surface area (Å²) in [6.07, 6.45) is 0.367. The third-order valence-electron chi connectivity index (χ3n) is 4.56. The summed E-state index contributed by atoms with van der Waals surface area (Å²) in [7, 11) is -2.10. The molecular formula is C16H20N2O6S. The molecule has 2 aliphatic rings. The average Bonchev–Trinajstić information content (AvgIpc) is 3.25. The zero-order valence-corrected chi connectivity index (χ0v) is 14.8. The minimum Gasteiger partial charge on any atom is -0.482 e. The topological polar surface area (TPSA) is 102 Å². The third-order valence-corrected chi connectivity index (χ3v) is 7.13. The molecule has 1 aromatic carbocycles. The summed E-state index contributed by atoms with van der Waals surface area (Å²) in [4.78, 5) is 23.7. The molecule has 2 fully saturated rings. The van der Waals surface area contributed by atoms with E-state index in [0.29, 0.717) is 24.4 Å². The van der Waals surface area contributed by atoms with Crippen LogP contribution >= 0.6 is 0 Å². The van der Waals surface area contributed by atoms with Gasteiger partial charge in [-0.2, -0.15) is 0 Å². The van der Waals surface area contributed by atoms with Crippen molar-refractivity contribution in [2.45, 2.75) is 18.1 Å². The first kappa shape index (κ1) is 17.7. The molecule has 1 heterocycles. The van der Waals surface area contributed by atoms with E-state index in [1.165, 1.54) is 11.4 Å². The van der Waals surface area contributed by atoms with E-state index >= 15 is 0 Å². The van der Waals surface area contributed by atoms with Gasteiger partial charge in [0, 0.05) is 25.2 Å². The van der Waals surface area contributed by atoms with E-state index < -0.39 is 26.6 Å². The second-order valence-electron chi connectivity index (χ2n) is 6.15. The number of anilines is 1. The van der Waals surface area contributed by atoms with Crippen molar-refractivity contribution in [3.8, 4) is 5.75 Å². The first-order valence-electron chi connectivity index (χ1n) is 7.97. The number of benzene rings is 1. The summed E-state index contributed by atoms with van der Waals surface area (Å²) in [6, 6.07) is 6.37. The van der Waals surface area contributed by atoms with Gasteiger partial charge in [-0.15, -0.1) is 0 Å². The molecule has 1 aliphatic heterocycles. The van der Waals surface area contributed by atoms with Crippen molar-refractivity contribution in [1.29, 1.82) is 0 Å². The zero-order chi connectivity index (χ0) is 18.2. The van der Waals surface area contributed by atoms with Crippen LogP contribution in [0.15, 0.2) is 24.3 Å². The number of fused-ring (bicyclic) bond motifs is 1. The number of esters is 1. The molecule has 0 spiro atoms. The van der Waals surface area contributed by atoms with Crippen LogP contribution < -0.4 is 10.1 Å². The summed E-state index contributed by atoms with van der Waals surface area (Å²) < 4.78 is 34.6. The Morgan fingerprint density at radius 3 is 2.56 bits per heavy atom. The van der Waals surface area contributed by atoms with E-state index in [-0.39, 0.29) is 19.1 Å². The summed E-state index contributed by atoms with van der Waals surface area (Å²) >= 11 is 0. The fraction of sp³-hybridized carbons (Fsp3) is 0.500. The second kappa shape index (κ2) is 6.30. The Balaban J connectivity index is 1.61. The van der Waals surface area contributed by atoms with Crippen LogP contribution in [0.3, 0.4) is 0 Å². The van der Waals surface area contributed by atoms with Crippen molar-refractivity contribution in [3.63, 3.8) is 0 Å². The molecule has 3 rings (SSSR count). The molecule has 8 nitrogen and oxygen atoms in total. The number of hydrogen-bond acceptors (Lipinski definition) is 6. The number of sulfonamides is 1. The van der Waals surface area contributed by atoms with Crippen molar-refractivity contribution in [1.82, 2.24) is 4.31 Å². The van der Waals surface area contributed by atoms with Crippen LogP contribution in [0.25, 0.3) is 0 Å². The van der Waals surface area contributed by atoms with E-state index in [1.54, 1.807) is 31.2 Å². The van der Waals surface area contributed by atoms with E-state index in [9.17, 15) is 18.0 Å². The smallest absolute Gasteiger partial charge is 0.344 e. The fourth-order valence-electron chi connectivity index (χ4n) is 3.13. The molecule has 1 saturated heterocycles. The molecule has 9 heteroatoms. The Kier molecular flexibility index (Phi) is 4.46. The SMILES string of the molecule is CCOC(=O)COc1ccc(NC(=O)[C@]23C[C@@H]2CN(C)S3(=O)=O)cc1. The molecule has 1 aliphatic carbocycles. The maximum absolute atomic E-state index is 12.5. The van der Waals surface area contributed by atoms with Crippen molar-refractivity contribution in [2.24, 2.45) is 5.92 Å². The number of carbonyl (C=O) groups is 2. The molecule has 0 bridgehead atoms. The number of nitrogens with zero attached hydrogens (tertiary/aromatic N) is 1. The van der Waals surface area contributed by atoms with Crippen molar-refractivity contribution in [3.05, 3.63) is 24.3 Å². The van der Waals surface area contributed by atoms with Crippen LogP contribution in [-0.2, 0) is 24.3 Å². The Bertz CT molecular complexity index is 791. The zero-order valence-electron chi connectivity index (χ0n) is 14.0. The number of nitrogens with one attached hydrogen (secondary N) is 1. The van der Waals surface area contributed by atoms with Crippen molar-refractivity contribution >= 4 is 27.6 Å². The lowest BCUT2D eigenvalue weighted by Crippen LogP contribution is -2.40. The number of hydrogen-bond donors (Lipinski definition) is 1. The van der Waals surface area contributed by atoms with Gasteiger partial charge in [-0.25, -0.2) is 17.5 Å². The first-order chi connectivity index (χ1) is 11.8. The monoisotopic (exact) mass is 368 g/mol. The highest BCUT2D eigenvalue weighted by Gasteiger charge is 2.74. The molecule has 1 saturated carbocycles. The highest BCUT2D eigenvalue weighted by Crippen LogP contribution is 2.57. The number of carbonyl (C=O) groups excluding carboxylic acids is 2. The van der Waals surface area contributed by atoms with Crippen LogP contribution in [0.1, 0.15) is 13.3 Å². The minimum absolute atomic E-state index is 0.144. The molecule has 136 valence electrons. The van der Waals surface area contributed by atoms with Gasteiger partial charge in [0.25, 0.3) is 0 Å². The summed E-state index contributed by atoms with van der Waals surface area (Å²) in [6.45, 7) is 2.18. The lowest BCUT2D eigenvalue weighted by Gasteiger charge is -2.17. The number of rotatable bonds is 6. The van der Waals surface area contributed by atoms with E-state index in [1.807, 2.05) is 0 Å². The van der Waals surface area contributed by atoms with Gasteiger partial charge in [-0.05, 0) is 37.6 Å². The second-order valence-corrected chi connectivity index (χ2v) is 8.45. The molecule has 1 N–H and O–H groups in total. The maximum Gasteiger partial charge on any atom is 0.344 e. The molecule has 25 heavy (non-hydrogen) atoms. The van der Waals surface area contributed by atoms with Gasteiger partial charge in [-0.3, -0.25) is 4.79 Å². The van der Waals surface area contributed by atoms with Crippen LogP contribution in [0, 0.1) is 5.92 Å². The van der Waals surface area contributed by atoms with Crippen LogP contribution in [0.2, 0.25) is 0 Å². The van der Waals surface area contributed by atoms with Gasteiger partial charge in [0.2, 0.25) is 15.9 Å². The van der Waals surface area contributed by atoms with Crippen LogP contribution in [-0.4, -0.2) is 56.2 Å². The van der Waals surface area contributed by atoms with E-state index in [4.69, 9.17) is 9.47 Å². The number of ether oxygens (including phenoxy) is 2. The Labute approximate surface area is 146 Å². The molecule has 1 aromatic rings. The maximum atomic E-state index is 12.5. The minimum atomic E-state index is -3.60. The number of amides is 1. The van der Waals surface area contributed by atoms with Gasteiger partial charge in [0.15, 0.2) is 11.4 Å². The fourth-order valence-corrected chi connectivity index (χ4v) is 5.26. The van der Waals surface area contributed by atoms with Gasteiger partial charge in [0.05, 0.1) is 6.61 Å². The predicted octanol–water partition coefficient (Wildman–Crippen LogP) is 0.601. The largest absolute Gasteiger partial charge is 0.482 e. The average molecular weight is 368 g/mol. The van der Waals surface area contributed by atoms with Crippen LogP contribution in [0.5, 0.6) is 5.75 Å². The summed E-state index contributed by atoms with van der Waals surface area (Å²) in [5, 5.41) is 2.66. The molecule has 1 amide bonds. The highest BCUT2D eigenvalue weighted by molar-refractivity contribution is 7.92. The molecule has 0 aromatic heterocycles. The van der Waals surface area contributed by atoms with Gasteiger partial charge in [-0.1, -0.05) is 0 Å². The third kappa shape index (κ3) is 2.98. The quantitative estimate of drug-likeness (QED) is 0.738. The molecule has 0 unspecified atom stereocenters. The molecule has 2 atom stereocenters. The predicted molar refractivity (Wildman–Crippen MR) is 89.6 cm³/mol. The van der Waals surface area contributed by atoms with E-state index in [0.717, 1.165) is 0 Å². The lowest BCUT2D eigenvalue weighted by molar-refractivity contribution is -0.145. The Morgan fingerprint density at radius 1 is 1.32 bits per heavy atom. The van der Waals surface area contributed by atoms with Crippen molar-refractivity contribution < 1.29 is 27.5 Å². The normalized spacial score (nSPS) is 26.6. The summed E-state index contributed by atoms with van der Waals surface area (Å²) in [5.74, 6) is -0.659. The highest BCUT2D eigenvalue weighted by atomic mass is 32.2. The van der Waals surface area contributed by atoms with Crippen LogP contribution in [0.4, 0.5) is 5.69 Å². The molecular weight excluding hydrogens is 348 g/mol. The van der Waals surface area contributed by atoms with Gasteiger partial charge in [0.1, 0.15) is 5.75 Å². The van der Waals surface area contributed by atoms with E-state index in [2.05, 4.69) is 5.32 Å². The standard InChI is InChI=1S/C16H20N2O6S/c1-3-23-14(19)10-24-13-6-4-12(5-7-13)17-15(20)16-8-11(16)9-18(2)25(16,21)22/h4-7,11H,3,8-10H2,1-2H3,(H,17,20)/t11-,16+/m1/s1. The summed E-state index contributed by atoms with van der Waals surface area (Å²) in [5.41, 5.74) is 0.471. The lowest BCUT2D eigenvalue weighted by atomic mass is 10.2. The van der Waals surface area contributed by atoms with Gasteiger partial charge >= 0.3 is 5.97 Å². The molecule has 0 radical (unpaired) electrons.